The Hall–Kier alpha value is -2.94. The number of hydrogen-bond acceptors (Lipinski definition) is 3. The molecule has 0 atom stereocenters. The standard InChI is InChI=1S/C19H15NO2/c1-22-19(21)16-10-7-14(8-11-16)6-9-15-12-13-20-18-5-3-2-4-17(15)18/h2-13H,1H3. The molecule has 108 valence electrons. The second-order valence-electron chi connectivity index (χ2n) is 4.86. The Labute approximate surface area is 128 Å². The average molecular weight is 289 g/mol. The van der Waals surface area contributed by atoms with Crippen molar-refractivity contribution in [2.75, 3.05) is 7.11 Å². The first-order valence-electron chi connectivity index (χ1n) is 6.98. The minimum atomic E-state index is -0.323. The smallest absolute Gasteiger partial charge is 0.337 e. The zero-order chi connectivity index (χ0) is 15.4. The van der Waals surface area contributed by atoms with E-state index in [1.807, 2.05) is 48.7 Å². The van der Waals surface area contributed by atoms with Gasteiger partial charge >= 0.3 is 5.97 Å². The van der Waals surface area contributed by atoms with Gasteiger partial charge in [0.2, 0.25) is 0 Å². The van der Waals surface area contributed by atoms with Crippen LogP contribution >= 0.6 is 0 Å². The van der Waals surface area contributed by atoms with E-state index in [2.05, 4.69) is 21.9 Å². The zero-order valence-corrected chi connectivity index (χ0v) is 12.2. The molecule has 0 radical (unpaired) electrons. The Morgan fingerprint density at radius 2 is 1.77 bits per heavy atom. The van der Waals surface area contributed by atoms with Crippen molar-refractivity contribution in [2.24, 2.45) is 0 Å². The number of fused-ring (bicyclic) bond motifs is 1. The maximum atomic E-state index is 11.4. The van der Waals surface area contributed by atoms with Crippen molar-refractivity contribution in [3.63, 3.8) is 0 Å². The van der Waals surface area contributed by atoms with E-state index in [0.29, 0.717) is 5.56 Å². The highest BCUT2D eigenvalue weighted by atomic mass is 16.5. The van der Waals surface area contributed by atoms with Crippen LogP contribution in [0.1, 0.15) is 21.5 Å². The Bertz CT molecular complexity index is 830. The summed E-state index contributed by atoms with van der Waals surface area (Å²) in [4.78, 5) is 15.8. The highest BCUT2D eigenvalue weighted by Crippen LogP contribution is 2.18. The first kappa shape index (κ1) is 14.0. The summed E-state index contributed by atoms with van der Waals surface area (Å²) in [6.07, 6.45) is 5.88. The summed E-state index contributed by atoms with van der Waals surface area (Å²) in [6, 6.07) is 17.3. The van der Waals surface area contributed by atoms with Gasteiger partial charge in [0.25, 0.3) is 0 Å². The summed E-state index contributed by atoms with van der Waals surface area (Å²) in [6.45, 7) is 0. The number of para-hydroxylation sites is 1. The van der Waals surface area contributed by atoms with E-state index in [4.69, 9.17) is 0 Å². The third-order valence-corrected chi connectivity index (χ3v) is 3.47. The third kappa shape index (κ3) is 2.88. The number of ether oxygens (including phenoxy) is 1. The number of methoxy groups -OCH3 is 1. The largest absolute Gasteiger partial charge is 0.465 e. The molecule has 1 heterocycles. The van der Waals surface area contributed by atoms with Gasteiger partial charge in [-0.15, -0.1) is 0 Å². The van der Waals surface area contributed by atoms with Gasteiger partial charge in [-0.3, -0.25) is 4.98 Å². The normalized spacial score (nSPS) is 11.0. The molecule has 2 aromatic carbocycles. The van der Waals surface area contributed by atoms with Crippen molar-refractivity contribution in [3.05, 3.63) is 77.5 Å². The van der Waals surface area contributed by atoms with Gasteiger partial charge in [0, 0.05) is 11.6 Å². The Morgan fingerprint density at radius 1 is 1.00 bits per heavy atom. The molecule has 1 aromatic heterocycles. The van der Waals surface area contributed by atoms with Crippen molar-refractivity contribution in [1.82, 2.24) is 4.98 Å². The molecule has 0 saturated carbocycles. The minimum Gasteiger partial charge on any atom is -0.465 e. The molecule has 0 spiro atoms. The minimum absolute atomic E-state index is 0.323. The highest BCUT2D eigenvalue weighted by molar-refractivity contribution is 5.91. The van der Waals surface area contributed by atoms with Gasteiger partial charge in [-0.1, -0.05) is 42.5 Å². The van der Waals surface area contributed by atoms with Crippen LogP contribution in [-0.4, -0.2) is 18.1 Å². The van der Waals surface area contributed by atoms with E-state index >= 15 is 0 Å². The van der Waals surface area contributed by atoms with E-state index in [1.165, 1.54) is 7.11 Å². The van der Waals surface area contributed by atoms with E-state index in [9.17, 15) is 4.79 Å². The number of nitrogens with zero attached hydrogens (tertiary/aromatic N) is 1. The van der Waals surface area contributed by atoms with Crippen LogP contribution in [-0.2, 0) is 4.74 Å². The topological polar surface area (TPSA) is 39.2 Å². The first-order valence-corrected chi connectivity index (χ1v) is 6.98. The molecule has 0 aliphatic heterocycles. The fraction of sp³-hybridized carbons (Fsp3) is 0.0526. The van der Waals surface area contributed by atoms with Crippen LogP contribution in [0.2, 0.25) is 0 Å². The fourth-order valence-electron chi connectivity index (χ4n) is 2.30. The second-order valence-corrected chi connectivity index (χ2v) is 4.86. The maximum Gasteiger partial charge on any atom is 0.337 e. The lowest BCUT2D eigenvalue weighted by Crippen LogP contribution is -2.00. The van der Waals surface area contributed by atoms with Gasteiger partial charge < -0.3 is 4.74 Å². The molecule has 0 fully saturated rings. The van der Waals surface area contributed by atoms with Crippen LogP contribution in [0.5, 0.6) is 0 Å². The van der Waals surface area contributed by atoms with Gasteiger partial charge in [-0.05, 0) is 35.4 Å². The summed E-state index contributed by atoms with van der Waals surface area (Å²) in [5.41, 5.74) is 3.66. The van der Waals surface area contributed by atoms with E-state index in [0.717, 1.165) is 22.0 Å². The van der Waals surface area contributed by atoms with Crippen molar-refractivity contribution in [3.8, 4) is 0 Å². The first-order chi connectivity index (χ1) is 10.8. The molecule has 0 amide bonds. The van der Waals surface area contributed by atoms with Crippen LogP contribution in [0.15, 0.2) is 60.8 Å². The monoisotopic (exact) mass is 289 g/mol. The van der Waals surface area contributed by atoms with Crippen LogP contribution in [0.4, 0.5) is 0 Å². The van der Waals surface area contributed by atoms with Crippen molar-refractivity contribution < 1.29 is 9.53 Å². The lowest BCUT2D eigenvalue weighted by atomic mass is 10.1. The number of hydrogen-bond donors (Lipinski definition) is 0. The van der Waals surface area contributed by atoms with Crippen molar-refractivity contribution in [2.45, 2.75) is 0 Å². The molecular weight excluding hydrogens is 274 g/mol. The van der Waals surface area contributed by atoms with Crippen LogP contribution < -0.4 is 0 Å². The van der Waals surface area contributed by atoms with Crippen LogP contribution in [0.25, 0.3) is 23.1 Å². The Balaban J connectivity index is 1.88. The molecule has 3 nitrogen and oxygen atoms in total. The number of carbonyl (C=O) groups is 1. The van der Waals surface area contributed by atoms with Crippen LogP contribution in [0.3, 0.4) is 0 Å². The number of rotatable bonds is 3. The molecule has 0 saturated heterocycles. The molecule has 3 rings (SSSR count). The van der Waals surface area contributed by atoms with Gasteiger partial charge in [0.1, 0.15) is 0 Å². The molecule has 3 heteroatoms. The SMILES string of the molecule is COC(=O)c1ccc(C=Cc2ccnc3ccccc23)cc1. The van der Waals surface area contributed by atoms with Gasteiger partial charge in [-0.2, -0.15) is 0 Å². The maximum absolute atomic E-state index is 11.4. The third-order valence-electron chi connectivity index (χ3n) is 3.47. The number of carbonyl (C=O) groups excluding carboxylic acids is 1. The fourth-order valence-corrected chi connectivity index (χ4v) is 2.30. The van der Waals surface area contributed by atoms with Crippen molar-refractivity contribution in [1.29, 1.82) is 0 Å². The molecule has 0 aliphatic carbocycles. The number of benzene rings is 2. The van der Waals surface area contributed by atoms with E-state index in [1.54, 1.807) is 12.1 Å². The summed E-state index contributed by atoms with van der Waals surface area (Å²) in [7, 11) is 1.38. The predicted octanol–water partition coefficient (Wildman–Crippen LogP) is 4.19. The zero-order valence-electron chi connectivity index (χ0n) is 12.2. The number of esters is 1. The second kappa shape index (κ2) is 6.22. The summed E-state index contributed by atoms with van der Waals surface area (Å²) in [5, 5.41) is 1.12. The molecule has 0 unspecified atom stereocenters. The molecule has 3 aromatic rings. The molecule has 0 bridgehead atoms. The molecule has 22 heavy (non-hydrogen) atoms. The van der Waals surface area contributed by atoms with Gasteiger partial charge in [-0.25, -0.2) is 4.79 Å². The molecule has 0 N–H and O–H groups in total. The highest BCUT2D eigenvalue weighted by Gasteiger charge is 2.03. The molecular formula is C19H15NO2. The Morgan fingerprint density at radius 3 is 2.55 bits per heavy atom. The predicted molar refractivity (Wildman–Crippen MR) is 88.5 cm³/mol. The van der Waals surface area contributed by atoms with Crippen molar-refractivity contribution >= 4 is 29.0 Å². The average Bonchev–Trinajstić information content (AvgIpc) is 2.59. The number of pyridine rings is 1. The summed E-state index contributed by atoms with van der Waals surface area (Å²) < 4.78 is 4.69. The lowest BCUT2D eigenvalue weighted by Gasteiger charge is -2.02. The summed E-state index contributed by atoms with van der Waals surface area (Å²) >= 11 is 0. The number of aromatic nitrogens is 1. The van der Waals surface area contributed by atoms with Gasteiger partial charge in [0.05, 0.1) is 18.2 Å². The van der Waals surface area contributed by atoms with Crippen LogP contribution in [0, 0.1) is 0 Å². The van der Waals surface area contributed by atoms with E-state index < -0.39 is 0 Å². The summed E-state index contributed by atoms with van der Waals surface area (Å²) in [5.74, 6) is -0.323. The molecule has 0 aliphatic rings. The van der Waals surface area contributed by atoms with E-state index in [-0.39, 0.29) is 5.97 Å². The lowest BCUT2D eigenvalue weighted by molar-refractivity contribution is 0.0601. The Kier molecular flexibility index (Phi) is 3.97. The quantitative estimate of drug-likeness (QED) is 0.679. The van der Waals surface area contributed by atoms with Gasteiger partial charge in [0.15, 0.2) is 0 Å².